The normalized spacial score (nSPS) is 31.8. The molecule has 2 rings (SSSR count). The molecule has 0 aromatic heterocycles. The van der Waals surface area contributed by atoms with Crippen molar-refractivity contribution in [2.45, 2.75) is 118 Å². The number of hydrogen-bond donors (Lipinski definition) is 0. The lowest BCUT2D eigenvalue weighted by Gasteiger charge is -2.50. The predicted octanol–water partition coefficient (Wildman–Crippen LogP) is 5.52. The average Bonchev–Trinajstić information content (AvgIpc) is 2.61. The van der Waals surface area contributed by atoms with Gasteiger partial charge in [0.15, 0.2) is 5.79 Å². The summed E-state index contributed by atoms with van der Waals surface area (Å²) in [5.74, 6) is 0.396. The van der Waals surface area contributed by atoms with Crippen molar-refractivity contribution in [3.63, 3.8) is 0 Å². The lowest BCUT2D eigenvalue weighted by molar-refractivity contribution is -0.343. The summed E-state index contributed by atoms with van der Waals surface area (Å²) in [6.45, 7) is 16.9. The first kappa shape index (κ1) is 27.1. The molecule has 2 heterocycles. The molecule has 186 valence electrons. The minimum Gasteiger partial charge on any atom is -0.463 e. The molecule has 6 atom stereocenters. The van der Waals surface area contributed by atoms with E-state index in [-0.39, 0.29) is 54.6 Å². The van der Waals surface area contributed by atoms with Crippen LogP contribution in [0.4, 0.5) is 0 Å². The number of hydrogen-bond acceptors (Lipinski definition) is 6. The average molecular weight is 455 g/mol. The zero-order valence-electron chi connectivity index (χ0n) is 21.5. The summed E-state index contributed by atoms with van der Waals surface area (Å²) in [7, 11) is 0. The molecular weight excluding hydrogens is 408 g/mol. The van der Waals surface area contributed by atoms with Crippen molar-refractivity contribution in [3.05, 3.63) is 0 Å². The van der Waals surface area contributed by atoms with Gasteiger partial charge in [0.1, 0.15) is 12.7 Å². The van der Waals surface area contributed by atoms with Crippen molar-refractivity contribution in [2.75, 3.05) is 6.61 Å². The van der Waals surface area contributed by atoms with Crippen molar-refractivity contribution < 1.29 is 28.5 Å². The van der Waals surface area contributed by atoms with E-state index in [1.54, 1.807) is 0 Å². The molecule has 2 fully saturated rings. The van der Waals surface area contributed by atoms with E-state index in [1.165, 1.54) is 0 Å². The van der Waals surface area contributed by atoms with Crippen LogP contribution in [0.5, 0.6) is 0 Å². The Balaban J connectivity index is 2.09. The van der Waals surface area contributed by atoms with E-state index >= 15 is 0 Å². The molecule has 0 amide bonds. The number of ether oxygens (including phenoxy) is 4. The first-order valence-corrected chi connectivity index (χ1v) is 12.6. The maximum absolute atomic E-state index is 12.4. The molecule has 32 heavy (non-hydrogen) atoms. The number of rotatable bonds is 9. The summed E-state index contributed by atoms with van der Waals surface area (Å²) in [5, 5.41) is 0. The van der Waals surface area contributed by atoms with Gasteiger partial charge in [-0.1, -0.05) is 55.4 Å². The molecule has 0 bridgehead atoms. The van der Waals surface area contributed by atoms with Gasteiger partial charge in [0.2, 0.25) is 0 Å². The van der Waals surface area contributed by atoms with Crippen LogP contribution in [0.2, 0.25) is 0 Å². The Kier molecular flexibility index (Phi) is 10.0. The van der Waals surface area contributed by atoms with Gasteiger partial charge < -0.3 is 18.9 Å². The van der Waals surface area contributed by atoms with Crippen LogP contribution < -0.4 is 0 Å². The Labute approximate surface area is 195 Å². The van der Waals surface area contributed by atoms with Gasteiger partial charge in [0.05, 0.1) is 12.2 Å². The number of carbonyl (C=O) groups excluding carboxylic acids is 2. The highest BCUT2D eigenvalue weighted by Crippen LogP contribution is 2.45. The van der Waals surface area contributed by atoms with Crippen molar-refractivity contribution in [3.8, 4) is 0 Å². The Morgan fingerprint density at radius 1 is 0.875 bits per heavy atom. The fourth-order valence-corrected chi connectivity index (χ4v) is 5.11. The van der Waals surface area contributed by atoms with Crippen molar-refractivity contribution >= 4 is 11.9 Å². The van der Waals surface area contributed by atoms with Gasteiger partial charge in [-0.05, 0) is 42.4 Å². The zero-order valence-corrected chi connectivity index (χ0v) is 21.5. The quantitative estimate of drug-likeness (QED) is 0.428. The summed E-state index contributed by atoms with van der Waals surface area (Å²) < 4.78 is 24.6. The molecule has 2 saturated heterocycles. The van der Waals surface area contributed by atoms with E-state index in [0.717, 1.165) is 25.7 Å². The molecular formula is C26H46O6. The van der Waals surface area contributed by atoms with Crippen LogP contribution in [0.25, 0.3) is 0 Å². The van der Waals surface area contributed by atoms with Crippen molar-refractivity contribution in [2.24, 2.45) is 29.6 Å². The summed E-state index contributed by atoms with van der Waals surface area (Å²) >= 11 is 0. The Bertz CT molecular complexity index is 611. The fourth-order valence-electron chi connectivity index (χ4n) is 5.11. The summed E-state index contributed by atoms with van der Waals surface area (Å²) in [6.07, 6.45) is 3.43. The SMILES string of the molecule is CC(C)CC(=O)OCC1CC(C)CC2(CC(C)CC([C@H](OC(=O)CC(C)C)C(C)C)O2)O1. The van der Waals surface area contributed by atoms with E-state index in [4.69, 9.17) is 18.9 Å². The highest BCUT2D eigenvalue weighted by Gasteiger charge is 2.49. The van der Waals surface area contributed by atoms with Gasteiger partial charge in [-0.2, -0.15) is 0 Å². The van der Waals surface area contributed by atoms with E-state index < -0.39 is 5.79 Å². The number of carbonyl (C=O) groups is 2. The topological polar surface area (TPSA) is 71.1 Å². The van der Waals surface area contributed by atoms with Gasteiger partial charge in [-0.3, -0.25) is 9.59 Å². The highest BCUT2D eigenvalue weighted by atomic mass is 16.7. The standard InChI is InChI=1S/C26H46O6/c1-16(2)9-23(27)29-15-21-11-19(7)13-26(31-21)14-20(8)12-22(32-26)25(18(5)6)30-24(28)10-17(3)4/h16-22,25H,9-15H2,1-8H3/t19?,20?,21?,22?,25-,26?/m1/s1. The minimum atomic E-state index is -0.716. The highest BCUT2D eigenvalue weighted by molar-refractivity contribution is 5.70. The first-order valence-electron chi connectivity index (χ1n) is 12.6. The summed E-state index contributed by atoms with van der Waals surface area (Å²) in [4.78, 5) is 24.5. The maximum Gasteiger partial charge on any atom is 0.306 e. The molecule has 2 aliphatic rings. The lowest BCUT2D eigenvalue weighted by Crippen LogP contribution is -2.56. The van der Waals surface area contributed by atoms with E-state index in [0.29, 0.717) is 24.7 Å². The van der Waals surface area contributed by atoms with Crippen LogP contribution in [0, 0.1) is 29.6 Å². The molecule has 0 aromatic rings. The second-order valence-corrected chi connectivity index (χ2v) is 11.5. The molecule has 2 aliphatic heterocycles. The molecule has 0 N–H and O–H groups in total. The molecule has 0 saturated carbocycles. The smallest absolute Gasteiger partial charge is 0.306 e. The van der Waals surface area contributed by atoms with Crippen LogP contribution in [-0.2, 0) is 28.5 Å². The van der Waals surface area contributed by atoms with Gasteiger partial charge >= 0.3 is 11.9 Å². The maximum atomic E-state index is 12.4. The van der Waals surface area contributed by atoms with E-state index in [9.17, 15) is 9.59 Å². The third-order valence-electron chi connectivity index (χ3n) is 6.24. The molecule has 0 radical (unpaired) electrons. The number of esters is 2. The summed E-state index contributed by atoms with van der Waals surface area (Å²) in [6, 6.07) is 0. The van der Waals surface area contributed by atoms with Gasteiger partial charge in [0, 0.05) is 25.7 Å². The second-order valence-electron chi connectivity index (χ2n) is 11.5. The molecule has 6 heteroatoms. The zero-order chi connectivity index (χ0) is 24.1. The predicted molar refractivity (Wildman–Crippen MR) is 124 cm³/mol. The van der Waals surface area contributed by atoms with Crippen molar-refractivity contribution in [1.29, 1.82) is 0 Å². The first-order chi connectivity index (χ1) is 14.9. The van der Waals surface area contributed by atoms with E-state index in [2.05, 4.69) is 27.7 Å². The van der Waals surface area contributed by atoms with E-state index in [1.807, 2.05) is 27.7 Å². The largest absolute Gasteiger partial charge is 0.463 e. The van der Waals surface area contributed by atoms with Gasteiger partial charge in [-0.15, -0.1) is 0 Å². The molecule has 0 aliphatic carbocycles. The fraction of sp³-hybridized carbons (Fsp3) is 0.923. The monoisotopic (exact) mass is 454 g/mol. The van der Waals surface area contributed by atoms with Crippen molar-refractivity contribution in [1.82, 2.24) is 0 Å². The molecule has 0 aromatic carbocycles. The molecule has 1 spiro atoms. The molecule has 6 nitrogen and oxygen atoms in total. The van der Waals surface area contributed by atoms with Crippen LogP contribution in [0.1, 0.15) is 93.9 Å². The Morgan fingerprint density at radius 2 is 1.44 bits per heavy atom. The van der Waals surface area contributed by atoms with Crippen LogP contribution in [0.15, 0.2) is 0 Å². The van der Waals surface area contributed by atoms with Crippen LogP contribution in [0.3, 0.4) is 0 Å². The third-order valence-corrected chi connectivity index (χ3v) is 6.24. The second kappa shape index (κ2) is 11.8. The van der Waals surface area contributed by atoms with Gasteiger partial charge in [-0.25, -0.2) is 0 Å². The molecule has 5 unspecified atom stereocenters. The van der Waals surface area contributed by atoms with Crippen LogP contribution >= 0.6 is 0 Å². The summed E-state index contributed by atoms with van der Waals surface area (Å²) in [5.41, 5.74) is 0. The third kappa shape index (κ3) is 8.33. The van der Waals surface area contributed by atoms with Gasteiger partial charge in [0.25, 0.3) is 0 Å². The minimum absolute atomic E-state index is 0.146. The lowest BCUT2D eigenvalue weighted by atomic mass is 9.81. The van der Waals surface area contributed by atoms with Crippen LogP contribution in [-0.4, -0.2) is 42.6 Å². The Hall–Kier alpha value is -1.14. The Morgan fingerprint density at radius 3 is 2.00 bits per heavy atom.